The Labute approximate surface area is 162 Å². The van der Waals surface area contributed by atoms with Crippen molar-refractivity contribution in [1.29, 1.82) is 0 Å². The molecule has 0 radical (unpaired) electrons. The molecule has 2 aromatic heterocycles. The zero-order valence-corrected chi connectivity index (χ0v) is 15.3. The number of nitrogens with one attached hydrogen (secondary N) is 2. The predicted molar refractivity (Wildman–Crippen MR) is 108 cm³/mol. The van der Waals surface area contributed by atoms with Gasteiger partial charge in [-0.25, -0.2) is 0 Å². The van der Waals surface area contributed by atoms with Crippen LogP contribution in [0.2, 0.25) is 0 Å². The van der Waals surface area contributed by atoms with E-state index in [-0.39, 0.29) is 0 Å². The standard InChI is InChI=1S/C23H19N3O2/c1-15-20(17-11-5-6-12-18(17)25-15)22(27)23(28)26-21(16-9-3-2-4-10-16)19-13-7-8-14-24-19/h2-14,21,25H,1H3,(H,26,28)/t21-/m1/s1. The maximum Gasteiger partial charge on any atom is 0.293 e. The quantitative estimate of drug-likeness (QED) is 0.413. The van der Waals surface area contributed by atoms with Crippen LogP contribution in [0.4, 0.5) is 0 Å². The number of aromatic amines is 1. The zero-order chi connectivity index (χ0) is 19.5. The van der Waals surface area contributed by atoms with E-state index in [9.17, 15) is 9.59 Å². The minimum atomic E-state index is -0.660. The fourth-order valence-corrected chi connectivity index (χ4v) is 3.40. The first-order valence-corrected chi connectivity index (χ1v) is 9.03. The number of hydrogen-bond donors (Lipinski definition) is 2. The number of pyridine rings is 1. The number of ketones is 1. The Morgan fingerprint density at radius 1 is 0.929 bits per heavy atom. The monoisotopic (exact) mass is 369 g/mol. The second-order valence-electron chi connectivity index (χ2n) is 6.57. The molecule has 2 heterocycles. The molecule has 1 atom stereocenters. The van der Waals surface area contributed by atoms with Gasteiger partial charge in [0.15, 0.2) is 0 Å². The zero-order valence-electron chi connectivity index (χ0n) is 15.3. The number of carbonyl (C=O) groups is 2. The van der Waals surface area contributed by atoms with Crippen molar-refractivity contribution in [2.24, 2.45) is 0 Å². The molecular weight excluding hydrogens is 350 g/mol. The van der Waals surface area contributed by atoms with E-state index in [0.29, 0.717) is 17.0 Å². The second kappa shape index (κ2) is 7.48. The number of Topliss-reactive ketones (excluding diaryl/α,β-unsaturated/α-hetero) is 1. The van der Waals surface area contributed by atoms with Gasteiger partial charge in [-0.05, 0) is 30.7 Å². The Balaban J connectivity index is 1.68. The number of hydrogen-bond acceptors (Lipinski definition) is 3. The maximum atomic E-state index is 13.0. The van der Waals surface area contributed by atoms with Crippen molar-refractivity contribution < 1.29 is 9.59 Å². The van der Waals surface area contributed by atoms with Gasteiger partial charge in [0, 0.05) is 22.8 Å². The first-order chi connectivity index (χ1) is 13.6. The predicted octanol–water partition coefficient (Wildman–Crippen LogP) is 3.96. The molecular formula is C23H19N3O2. The summed E-state index contributed by atoms with van der Waals surface area (Å²) in [4.78, 5) is 33.4. The molecule has 0 unspecified atom stereocenters. The molecule has 4 rings (SSSR count). The van der Waals surface area contributed by atoms with Gasteiger partial charge in [0.05, 0.1) is 17.3 Å². The third kappa shape index (κ3) is 3.30. The molecule has 0 aliphatic rings. The lowest BCUT2D eigenvalue weighted by atomic mass is 10.0. The highest BCUT2D eigenvalue weighted by atomic mass is 16.2. The van der Waals surface area contributed by atoms with Gasteiger partial charge in [-0.1, -0.05) is 54.6 Å². The van der Waals surface area contributed by atoms with Gasteiger partial charge >= 0.3 is 0 Å². The number of carbonyl (C=O) groups excluding carboxylic acids is 2. The van der Waals surface area contributed by atoms with Crippen LogP contribution in [0, 0.1) is 6.92 Å². The van der Waals surface area contributed by atoms with Crippen LogP contribution in [0.5, 0.6) is 0 Å². The average molecular weight is 369 g/mol. The minimum Gasteiger partial charge on any atom is -0.358 e. The number of amides is 1. The van der Waals surface area contributed by atoms with Gasteiger partial charge < -0.3 is 10.3 Å². The summed E-state index contributed by atoms with van der Waals surface area (Å²) in [6.45, 7) is 1.80. The summed E-state index contributed by atoms with van der Waals surface area (Å²) in [6.07, 6.45) is 1.67. The number of fused-ring (bicyclic) bond motifs is 1. The molecule has 0 bridgehead atoms. The number of para-hydroxylation sites is 1. The van der Waals surface area contributed by atoms with Crippen LogP contribution < -0.4 is 5.32 Å². The minimum absolute atomic E-state index is 0.404. The van der Waals surface area contributed by atoms with Gasteiger partial charge in [0.25, 0.3) is 11.7 Å². The number of aryl methyl sites for hydroxylation is 1. The van der Waals surface area contributed by atoms with Crippen molar-refractivity contribution in [2.75, 3.05) is 0 Å². The Bertz CT molecular complexity index is 1090. The molecule has 0 saturated carbocycles. The fourth-order valence-electron chi connectivity index (χ4n) is 3.40. The van der Waals surface area contributed by atoms with E-state index in [1.807, 2.05) is 72.8 Å². The van der Waals surface area contributed by atoms with E-state index in [2.05, 4.69) is 15.3 Å². The fraction of sp³-hybridized carbons (Fsp3) is 0.0870. The molecule has 2 N–H and O–H groups in total. The maximum absolute atomic E-state index is 13.0. The molecule has 28 heavy (non-hydrogen) atoms. The van der Waals surface area contributed by atoms with Gasteiger partial charge in [-0.2, -0.15) is 0 Å². The SMILES string of the molecule is Cc1[nH]c2ccccc2c1C(=O)C(=O)N[C@H](c1ccccc1)c1ccccn1. The lowest BCUT2D eigenvalue weighted by Gasteiger charge is -2.18. The molecule has 1 amide bonds. The van der Waals surface area contributed by atoms with E-state index < -0.39 is 17.7 Å². The summed E-state index contributed by atoms with van der Waals surface area (Å²) >= 11 is 0. The van der Waals surface area contributed by atoms with E-state index >= 15 is 0 Å². The van der Waals surface area contributed by atoms with Gasteiger partial charge in [0.1, 0.15) is 0 Å². The third-order valence-electron chi connectivity index (χ3n) is 4.72. The number of aromatic nitrogens is 2. The Kier molecular flexibility index (Phi) is 4.72. The smallest absolute Gasteiger partial charge is 0.293 e. The third-order valence-corrected chi connectivity index (χ3v) is 4.72. The van der Waals surface area contributed by atoms with Crippen LogP contribution in [-0.4, -0.2) is 21.7 Å². The molecule has 0 saturated heterocycles. The number of H-pyrrole nitrogens is 1. The first kappa shape index (κ1) is 17.7. The normalized spacial score (nSPS) is 11.9. The van der Waals surface area contributed by atoms with E-state index in [4.69, 9.17) is 0 Å². The number of rotatable bonds is 5. The topological polar surface area (TPSA) is 74.8 Å². The second-order valence-corrected chi connectivity index (χ2v) is 6.57. The highest BCUT2D eigenvalue weighted by Gasteiger charge is 2.26. The van der Waals surface area contributed by atoms with Crippen molar-refractivity contribution in [3.8, 4) is 0 Å². The largest absolute Gasteiger partial charge is 0.358 e. The summed E-state index contributed by atoms with van der Waals surface area (Å²) in [6, 6.07) is 22.0. The summed E-state index contributed by atoms with van der Waals surface area (Å²) in [5, 5.41) is 3.61. The molecule has 5 nitrogen and oxygen atoms in total. The van der Waals surface area contributed by atoms with E-state index in [1.165, 1.54) is 0 Å². The molecule has 5 heteroatoms. The van der Waals surface area contributed by atoms with Crippen molar-refractivity contribution >= 4 is 22.6 Å². The van der Waals surface area contributed by atoms with Crippen LogP contribution in [0.1, 0.15) is 33.4 Å². The van der Waals surface area contributed by atoms with Crippen LogP contribution in [0.25, 0.3) is 10.9 Å². The highest BCUT2D eigenvalue weighted by molar-refractivity contribution is 6.45. The molecule has 0 fully saturated rings. The summed E-state index contributed by atoms with van der Waals surface area (Å²) in [7, 11) is 0. The summed E-state index contributed by atoms with van der Waals surface area (Å²) in [5.74, 6) is -1.22. The number of nitrogens with zero attached hydrogens (tertiary/aromatic N) is 1. The van der Waals surface area contributed by atoms with Crippen LogP contribution >= 0.6 is 0 Å². The van der Waals surface area contributed by atoms with Crippen molar-refractivity contribution in [2.45, 2.75) is 13.0 Å². The lowest BCUT2D eigenvalue weighted by molar-refractivity contribution is -0.117. The molecule has 0 spiro atoms. The van der Waals surface area contributed by atoms with Crippen LogP contribution in [-0.2, 0) is 4.79 Å². The summed E-state index contributed by atoms with van der Waals surface area (Å²) < 4.78 is 0. The molecule has 0 aliphatic heterocycles. The number of benzene rings is 2. The first-order valence-electron chi connectivity index (χ1n) is 9.03. The van der Waals surface area contributed by atoms with Gasteiger partial charge in [0.2, 0.25) is 0 Å². The van der Waals surface area contributed by atoms with Gasteiger partial charge in [-0.15, -0.1) is 0 Å². The van der Waals surface area contributed by atoms with Crippen molar-refractivity contribution in [3.05, 3.63) is 102 Å². The Morgan fingerprint density at radius 2 is 1.64 bits per heavy atom. The van der Waals surface area contributed by atoms with Crippen molar-refractivity contribution in [1.82, 2.24) is 15.3 Å². The summed E-state index contributed by atoms with van der Waals surface area (Å²) in [5.41, 5.74) is 3.44. The average Bonchev–Trinajstić information content (AvgIpc) is 3.08. The lowest BCUT2D eigenvalue weighted by Crippen LogP contribution is -2.35. The molecule has 0 aliphatic carbocycles. The molecule has 4 aromatic rings. The van der Waals surface area contributed by atoms with E-state index in [0.717, 1.165) is 16.5 Å². The Hall–Kier alpha value is -3.73. The highest BCUT2D eigenvalue weighted by Crippen LogP contribution is 2.24. The van der Waals surface area contributed by atoms with Crippen LogP contribution in [0.15, 0.2) is 79.0 Å². The van der Waals surface area contributed by atoms with Gasteiger partial charge in [-0.3, -0.25) is 14.6 Å². The Morgan fingerprint density at radius 3 is 2.39 bits per heavy atom. The molecule has 138 valence electrons. The van der Waals surface area contributed by atoms with Crippen LogP contribution in [0.3, 0.4) is 0 Å². The van der Waals surface area contributed by atoms with Crippen molar-refractivity contribution in [3.63, 3.8) is 0 Å². The molecule has 2 aromatic carbocycles. The van der Waals surface area contributed by atoms with E-state index in [1.54, 1.807) is 13.1 Å².